The first-order valence-corrected chi connectivity index (χ1v) is 11.5. The van der Waals surface area contributed by atoms with Crippen LogP contribution in [0.3, 0.4) is 0 Å². The molecule has 2 fully saturated rings. The summed E-state index contributed by atoms with van der Waals surface area (Å²) in [5, 5.41) is 3.39. The number of benzene rings is 1. The van der Waals surface area contributed by atoms with Crippen LogP contribution in [-0.4, -0.2) is 48.3 Å². The third kappa shape index (κ3) is 4.12. The van der Waals surface area contributed by atoms with Crippen LogP contribution in [0.25, 0.3) is 0 Å². The Morgan fingerprint density at radius 2 is 1.82 bits per heavy atom. The van der Waals surface area contributed by atoms with Gasteiger partial charge in [-0.2, -0.15) is 0 Å². The number of likely N-dealkylation sites (tertiary alicyclic amines) is 1. The average molecular weight is 401 g/mol. The lowest BCUT2D eigenvalue weighted by Crippen LogP contribution is -2.41. The number of hydrogen-bond acceptors (Lipinski definition) is 5. The van der Waals surface area contributed by atoms with Gasteiger partial charge in [-0.3, -0.25) is 0 Å². The Bertz CT molecular complexity index is 757. The van der Waals surface area contributed by atoms with Gasteiger partial charge in [-0.1, -0.05) is 12.1 Å². The fraction of sp³-hybridized carbons (Fsp3) is 0.609. The first-order valence-electron chi connectivity index (χ1n) is 10.6. The molecule has 0 spiro atoms. The molecule has 0 atom stereocenters. The third-order valence-electron chi connectivity index (χ3n) is 6.29. The molecule has 2 aliphatic rings. The lowest BCUT2D eigenvalue weighted by Gasteiger charge is -2.36. The summed E-state index contributed by atoms with van der Waals surface area (Å²) in [6.07, 6.45) is 4.54. The SMILES string of the molecule is Cc1csc(C2(c3ccc(OC4CCN(C(C)C)CC4)cc3)CCOCC2)n1. The fourth-order valence-electron chi connectivity index (χ4n) is 4.47. The van der Waals surface area contributed by atoms with E-state index in [2.05, 4.69) is 55.3 Å². The highest BCUT2D eigenvalue weighted by Gasteiger charge is 2.38. The molecule has 0 N–H and O–H groups in total. The van der Waals surface area contributed by atoms with E-state index in [1.807, 2.05) is 0 Å². The molecule has 3 heterocycles. The van der Waals surface area contributed by atoms with Crippen molar-refractivity contribution in [2.75, 3.05) is 26.3 Å². The topological polar surface area (TPSA) is 34.6 Å². The van der Waals surface area contributed by atoms with Crippen LogP contribution in [0.1, 0.15) is 55.8 Å². The number of aryl methyl sites for hydroxylation is 1. The molecule has 0 amide bonds. The Kier molecular flexibility index (Phi) is 6.04. The van der Waals surface area contributed by atoms with E-state index in [1.54, 1.807) is 11.3 Å². The smallest absolute Gasteiger partial charge is 0.119 e. The zero-order valence-corrected chi connectivity index (χ0v) is 18.1. The van der Waals surface area contributed by atoms with Gasteiger partial charge in [-0.15, -0.1) is 11.3 Å². The zero-order valence-electron chi connectivity index (χ0n) is 17.3. The van der Waals surface area contributed by atoms with Gasteiger partial charge < -0.3 is 14.4 Å². The van der Waals surface area contributed by atoms with Crippen molar-refractivity contribution in [1.82, 2.24) is 9.88 Å². The van der Waals surface area contributed by atoms with Gasteiger partial charge in [-0.05, 0) is 64.2 Å². The second kappa shape index (κ2) is 8.52. The lowest BCUT2D eigenvalue weighted by atomic mass is 9.74. The molecule has 4 nitrogen and oxygen atoms in total. The molecule has 1 aromatic heterocycles. The van der Waals surface area contributed by atoms with Gasteiger partial charge >= 0.3 is 0 Å². The van der Waals surface area contributed by atoms with Crippen LogP contribution in [0.2, 0.25) is 0 Å². The molecule has 1 aromatic carbocycles. The Labute approximate surface area is 172 Å². The summed E-state index contributed by atoms with van der Waals surface area (Å²) in [5.41, 5.74) is 2.43. The predicted molar refractivity (Wildman–Crippen MR) is 114 cm³/mol. The number of ether oxygens (including phenoxy) is 2. The van der Waals surface area contributed by atoms with Crippen molar-refractivity contribution in [2.45, 2.75) is 64.0 Å². The first kappa shape index (κ1) is 19.9. The van der Waals surface area contributed by atoms with Gasteiger partial charge in [0.05, 0.1) is 5.41 Å². The monoisotopic (exact) mass is 400 g/mol. The second-order valence-electron chi connectivity index (χ2n) is 8.46. The van der Waals surface area contributed by atoms with E-state index < -0.39 is 0 Å². The van der Waals surface area contributed by atoms with Crippen molar-refractivity contribution >= 4 is 11.3 Å². The first-order chi connectivity index (χ1) is 13.6. The normalized spacial score (nSPS) is 21.1. The minimum Gasteiger partial charge on any atom is -0.490 e. The standard InChI is InChI=1S/C23H32N2O2S/c1-17(2)25-12-8-21(9-13-25)27-20-6-4-19(5-7-20)23(10-14-26-15-11-23)22-24-18(3)16-28-22/h4-7,16-17,21H,8-15H2,1-3H3. The molecule has 4 rings (SSSR count). The summed E-state index contributed by atoms with van der Waals surface area (Å²) in [7, 11) is 0. The van der Waals surface area contributed by atoms with E-state index in [1.165, 1.54) is 10.6 Å². The maximum absolute atomic E-state index is 6.30. The largest absolute Gasteiger partial charge is 0.490 e. The molecule has 0 aliphatic carbocycles. The van der Waals surface area contributed by atoms with E-state index in [-0.39, 0.29) is 5.41 Å². The van der Waals surface area contributed by atoms with Gasteiger partial charge in [0.15, 0.2) is 0 Å². The van der Waals surface area contributed by atoms with Crippen LogP contribution < -0.4 is 4.74 Å². The molecule has 0 bridgehead atoms. The van der Waals surface area contributed by atoms with Crippen LogP contribution in [0.4, 0.5) is 0 Å². The average Bonchev–Trinajstić information content (AvgIpc) is 3.16. The Hall–Kier alpha value is -1.43. The van der Waals surface area contributed by atoms with E-state index >= 15 is 0 Å². The number of rotatable bonds is 5. The number of thiazole rings is 1. The van der Waals surface area contributed by atoms with Crippen molar-refractivity contribution in [1.29, 1.82) is 0 Å². The maximum atomic E-state index is 6.30. The molecule has 0 radical (unpaired) electrons. The number of piperidine rings is 1. The fourth-order valence-corrected chi connectivity index (χ4v) is 5.55. The number of nitrogens with zero attached hydrogens (tertiary/aromatic N) is 2. The quantitative estimate of drug-likeness (QED) is 0.722. The van der Waals surface area contributed by atoms with Crippen molar-refractivity contribution < 1.29 is 9.47 Å². The lowest BCUT2D eigenvalue weighted by molar-refractivity contribution is 0.0629. The molecule has 2 aromatic rings. The molecule has 28 heavy (non-hydrogen) atoms. The summed E-state index contributed by atoms with van der Waals surface area (Å²) >= 11 is 1.78. The highest BCUT2D eigenvalue weighted by molar-refractivity contribution is 7.09. The van der Waals surface area contributed by atoms with E-state index in [4.69, 9.17) is 14.5 Å². The summed E-state index contributed by atoms with van der Waals surface area (Å²) in [6, 6.07) is 9.44. The summed E-state index contributed by atoms with van der Waals surface area (Å²) < 4.78 is 12.0. The van der Waals surface area contributed by atoms with Gasteiger partial charge in [0.2, 0.25) is 0 Å². The highest BCUT2D eigenvalue weighted by Crippen LogP contribution is 2.43. The third-order valence-corrected chi connectivity index (χ3v) is 7.46. The van der Waals surface area contributed by atoms with Crippen molar-refractivity contribution in [3.8, 4) is 5.75 Å². The number of aromatic nitrogens is 1. The summed E-state index contributed by atoms with van der Waals surface area (Å²) in [5.74, 6) is 0.990. The Balaban J connectivity index is 1.47. The highest BCUT2D eigenvalue weighted by atomic mass is 32.1. The molecule has 2 aliphatic heterocycles. The number of hydrogen-bond donors (Lipinski definition) is 0. The van der Waals surface area contributed by atoms with Crippen LogP contribution in [0, 0.1) is 6.92 Å². The van der Waals surface area contributed by atoms with Gasteiger partial charge in [0.1, 0.15) is 16.9 Å². The Morgan fingerprint density at radius 3 is 2.39 bits per heavy atom. The predicted octanol–water partition coefficient (Wildman–Crippen LogP) is 4.80. The van der Waals surface area contributed by atoms with E-state index in [9.17, 15) is 0 Å². The van der Waals surface area contributed by atoms with Crippen molar-refractivity contribution in [3.05, 3.63) is 45.9 Å². The van der Waals surface area contributed by atoms with E-state index in [0.29, 0.717) is 12.1 Å². The van der Waals surface area contributed by atoms with Crippen molar-refractivity contribution in [3.63, 3.8) is 0 Å². The molecule has 0 saturated carbocycles. The van der Waals surface area contributed by atoms with E-state index in [0.717, 1.165) is 63.4 Å². The molecule has 152 valence electrons. The van der Waals surface area contributed by atoms with Crippen LogP contribution in [0.15, 0.2) is 29.6 Å². The summed E-state index contributed by atoms with van der Waals surface area (Å²) in [4.78, 5) is 7.38. The van der Waals surface area contributed by atoms with Crippen LogP contribution in [-0.2, 0) is 10.2 Å². The Morgan fingerprint density at radius 1 is 1.14 bits per heavy atom. The molecular formula is C23H32N2O2S. The molecule has 0 unspecified atom stereocenters. The minimum atomic E-state index is -0.0156. The van der Waals surface area contributed by atoms with Gasteiger partial charge in [-0.25, -0.2) is 4.98 Å². The zero-order chi connectivity index (χ0) is 19.6. The molecule has 5 heteroatoms. The van der Waals surface area contributed by atoms with Gasteiger partial charge in [0.25, 0.3) is 0 Å². The van der Waals surface area contributed by atoms with Crippen LogP contribution >= 0.6 is 11.3 Å². The second-order valence-corrected chi connectivity index (χ2v) is 9.32. The maximum Gasteiger partial charge on any atom is 0.119 e. The summed E-state index contributed by atoms with van der Waals surface area (Å²) in [6.45, 7) is 10.5. The van der Waals surface area contributed by atoms with Gasteiger partial charge in [0, 0.05) is 43.4 Å². The minimum absolute atomic E-state index is 0.0156. The molecule has 2 saturated heterocycles. The van der Waals surface area contributed by atoms with Crippen LogP contribution in [0.5, 0.6) is 5.75 Å². The molecular weight excluding hydrogens is 368 g/mol. The van der Waals surface area contributed by atoms with Crippen molar-refractivity contribution in [2.24, 2.45) is 0 Å².